The van der Waals surface area contributed by atoms with Crippen LogP contribution in [0.2, 0.25) is 0 Å². The van der Waals surface area contributed by atoms with Crippen LogP contribution in [0.3, 0.4) is 0 Å². The summed E-state index contributed by atoms with van der Waals surface area (Å²) in [6.07, 6.45) is 1.46. The van der Waals surface area contributed by atoms with Gasteiger partial charge >= 0.3 is 0 Å². The molecule has 3 aromatic rings. The number of hydrogen-bond acceptors (Lipinski definition) is 4. The van der Waals surface area contributed by atoms with Gasteiger partial charge in [-0.1, -0.05) is 36.4 Å². The number of aromatic nitrogens is 3. The third kappa shape index (κ3) is 2.92. The van der Waals surface area contributed by atoms with Gasteiger partial charge in [-0.3, -0.25) is 0 Å². The second kappa shape index (κ2) is 5.37. The van der Waals surface area contributed by atoms with Crippen LogP contribution in [0.15, 0.2) is 71.9 Å². The summed E-state index contributed by atoms with van der Waals surface area (Å²) in [5.74, 6) is 0.0303. The molecule has 21 heavy (non-hydrogen) atoms. The van der Waals surface area contributed by atoms with Crippen molar-refractivity contribution in [3.63, 3.8) is 0 Å². The lowest BCUT2D eigenvalue weighted by molar-refractivity contribution is 0.601. The van der Waals surface area contributed by atoms with Gasteiger partial charge in [0.05, 0.1) is 10.6 Å². The number of sulfonamides is 1. The van der Waals surface area contributed by atoms with E-state index in [0.29, 0.717) is 0 Å². The maximum absolute atomic E-state index is 12.1. The van der Waals surface area contributed by atoms with Crippen molar-refractivity contribution in [2.24, 2.45) is 0 Å². The molecule has 1 aromatic heterocycles. The molecule has 0 saturated carbocycles. The number of benzene rings is 2. The first-order valence-corrected chi connectivity index (χ1v) is 7.68. The number of rotatable bonds is 4. The molecular weight excluding hydrogens is 288 g/mol. The average Bonchev–Trinajstić information content (AvgIpc) is 2.97. The Hall–Kier alpha value is -2.67. The maximum atomic E-state index is 12.1. The topological polar surface area (TPSA) is 76.9 Å². The molecule has 1 heterocycles. The van der Waals surface area contributed by atoms with Gasteiger partial charge in [0.2, 0.25) is 0 Å². The van der Waals surface area contributed by atoms with Crippen LogP contribution >= 0.6 is 0 Å². The van der Waals surface area contributed by atoms with Crippen molar-refractivity contribution in [2.75, 3.05) is 4.72 Å². The SMILES string of the molecule is O=S(=O)(Nc1ncn(-c2ccccc2)n1)c1ccccc1. The van der Waals surface area contributed by atoms with Gasteiger partial charge in [-0.2, -0.15) is 4.98 Å². The summed E-state index contributed by atoms with van der Waals surface area (Å²) in [6, 6.07) is 17.4. The lowest BCUT2D eigenvalue weighted by Crippen LogP contribution is -2.14. The Morgan fingerprint density at radius 2 is 1.52 bits per heavy atom. The predicted octanol–water partition coefficient (Wildman–Crippen LogP) is 2.07. The molecule has 0 atom stereocenters. The van der Waals surface area contributed by atoms with Gasteiger partial charge in [0.15, 0.2) is 0 Å². The van der Waals surface area contributed by atoms with E-state index in [1.54, 1.807) is 18.2 Å². The standard InChI is InChI=1S/C14H12N4O2S/c19-21(20,13-9-5-2-6-10-13)17-14-15-11-18(16-14)12-7-3-1-4-8-12/h1-11H,(H,16,17). The largest absolute Gasteiger partial charge is 0.264 e. The Morgan fingerprint density at radius 1 is 0.905 bits per heavy atom. The molecule has 0 aliphatic carbocycles. The second-order valence-electron chi connectivity index (χ2n) is 4.27. The summed E-state index contributed by atoms with van der Waals surface area (Å²) < 4.78 is 28.2. The highest BCUT2D eigenvalue weighted by molar-refractivity contribution is 7.92. The first-order chi connectivity index (χ1) is 10.1. The van der Waals surface area contributed by atoms with Crippen LogP contribution in [0.4, 0.5) is 5.95 Å². The molecular formula is C14H12N4O2S. The molecule has 0 spiro atoms. The number of nitrogens with zero attached hydrogens (tertiary/aromatic N) is 3. The van der Waals surface area contributed by atoms with E-state index in [1.165, 1.54) is 23.1 Å². The highest BCUT2D eigenvalue weighted by Crippen LogP contribution is 2.13. The number of hydrogen-bond donors (Lipinski definition) is 1. The molecule has 2 aromatic carbocycles. The first kappa shape index (κ1) is 13.3. The molecule has 0 bridgehead atoms. The van der Waals surface area contributed by atoms with E-state index in [2.05, 4.69) is 14.8 Å². The van der Waals surface area contributed by atoms with E-state index >= 15 is 0 Å². The zero-order valence-electron chi connectivity index (χ0n) is 10.9. The van der Waals surface area contributed by atoms with Crippen LogP contribution in [-0.4, -0.2) is 23.2 Å². The van der Waals surface area contributed by atoms with E-state index < -0.39 is 10.0 Å². The van der Waals surface area contributed by atoms with E-state index in [1.807, 2.05) is 30.3 Å². The van der Waals surface area contributed by atoms with Gasteiger partial charge in [-0.25, -0.2) is 17.8 Å². The molecule has 0 fully saturated rings. The Kier molecular flexibility index (Phi) is 3.41. The van der Waals surface area contributed by atoms with Gasteiger partial charge in [0.1, 0.15) is 6.33 Å². The summed E-state index contributed by atoms with van der Waals surface area (Å²) in [5.41, 5.74) is 0.801. The van der Waals surface area contributed by atoms with Crippen molar-refractivity contribution in [3.8, 4) is 5.69 Å². The van der Waals surface area contributed by atoms with E-state index in [9.17, 15) is 8.42 Å². The molecule has 6 nitrogen and oxygen atoms in total. The highest BCUT2D eigenvalue weighted by Gasteiger charge is 2.15. The zero-order valence-corrected chi connectivity index (χ0v) is 11.7. The summed E-state index contributed by atoms with van der Waals surface area (Å²) in [4.78, 5) is 4.13. The van der Waals surface area contributed by atoms with Gasteiger partial charge < -0.3 is 0 Å². The van der Waals surface area contributed by atoms with Crippen LogP contribution in [0.5, 0.6) is 0 Å². The van der Waals surface area contributed by atoms with Crippen molar-refractivity contribution in [1.29, 1.82) is 0 Å². The maximum Gasteiger partial charge on any atom is 0.264 e. The first-order valence-electron chi connectivity index (χ1n) is 6.20. The van der Waals surface area contributed by atoms with Gasteiger partial charge in [-0.15, -0.1) is 5.10 Å². The molecule has 0 radical (unpaired) electrons. The van der Waals surface area contributed by atoms with Crippen LogP contribution in [0.1, 0.15) is 0 Å². The zero-order chi connectivity index (χ0) is 14.7. The number of para-hydroxylation sites is 1. The number of anilines is 1. The fourth-order valence-corrected chi connectivity index (χ4v) is 2.76. The minimum absolute atomic E-state index is 0.0303. The van der Waals surface area contributed by atoms with Crippen LogP contribution in [0, 0.1) is 0 Å². The fraction of sp³-hybridized carbons (Fsp3) is 0. The molecule has 0 amide bonds. The smallest absolute Gasteiger partial charge is 0.246 e. The van der Waals surface area contributed by atoms with E-state index in [4.69, 9.17) is 0 Å². The second-order valence-corrected chi connectivity index (χ2v) is 5.95. The third-order valence-corrected chi connectivity index (χ3v) is 4.14. The minimum atomic E-state index is -3.67. The van der Waals surface area contributed by atoms with Crippen LogP contribution in [0.25, 0.3) is 5.69 Å². The Bertz CT molecular complexity index is 830. The van der Waals surface area contributed by atoms with Crippen molar-refractivity contribution in [1.82, 2.24) is 14.8 Å². The lowest BCUT2D eigenvalue weighted by Gasteiger charge is -2.03. The number of nitrogens with one attached hydrogen (secondary N) is 1. The Balaban J connectivity index is 1.85. The molecule has 106 valence electrons. The van der Waals surface area contributed by atoms with Crippen molar-refractivity contribution in [2.45, 2.75) is 4.90 Å². The summed E-state index contributed by atoms with van der Waals surface area (Å²) in [5, 5.41) is 4.11. The normalized spacial score (nSPS) is 11.2. The van der Waals surface area contributed by atoms with Gasteiger partial charge in [0, 0.05) is 0 Å². The monoisotopic (exact) mass is 300 g/mol. The third-order valence-electron chi connectivity index (χ3n) is 2.79. The van der Waals surface area contributed by atoms with E-state index in [-0.39, 0.29) is 10.8 Å². The predicted molar refractivity (Wildman–Crippen MR) is 78.6 cm³/mol. The van der Waals surface area contributed by atoms with E-state index in [0.717, 1.165) is 5.69 Å². The minimum Gasteiger partial charge on any atom is -0.246 e. The quantitative estimate of drug-likeness (QED) is 0.800. The molecule has 0 aliphatic heterocycles. The average molecular weight is 300 g/mol. The van der Waals surface area contributed by atoms with Crippen molar-refractivity contribution in [3.05, 3.63) is 67.0 Å². The van der Waals surface area contributed by atoms with Crippen LogP contribution < -0.4 is 4.72 Å². The Labute approximate surface area is 122 Å². The van der Waals surface area contributed by atoms with Crippen molar-refractivity contribution < 1.29 is 8.42 Å². The molecule has 7 heteroatoms. The molecule has 1 N–H and O–H groups in total. The van der Waals surface area contributed by atoms with Gasteiger partial charge in [-0.05, 0) is 24.3 Å². The lowest BCUT2D eigenvalue weighted by atomic mass is 10.3. The molecule has 0 unspecified atom stereocenters. The summed E-state index contributed by atoms with van der Waals surface area (Å²) in [6.45, 7) is 0. The molecule has 0 aliphatic rings. The Morgan fingerprint density at radius 3 is 2.19 bits per heavy atom. The van der Waals surface area contributed by atoms with Crippen LogP contribution in [-0.2, 0) is 10.0 Å². The summed E-state index contributed by atoms with van der Waals surface area (Å²) >= 11 is 0. The molecule has 0 saturated heterocycles. The summed E-state index contributed by atoms with van der Waals surface area (Å²) in [7, 11) is -3.67. The van der Waals surface area contributed by atoms with Gasteiger partial charge in [0.25, 0.3) is 16.0 Å². The van der Waals surface area contributed by atoms with Crippen molar-refractivity contribution >= 4 is 16.0 Å². The molecule has 3 rings (SSSR count). The fourth-order valence-electron chi connectivity index (χ4n) is 1.79. The highest BCUT2D eigenvalue weighted by atomic mass is 32.2.